The van der Waals surface area contributed by atoms with E-state index in [1.165, 1.54) is 5.56 Å². The van der Waals surface area contributed by atoms with Crippen LogP contribution in [0.4, 0.5) is 0 Å². The summed E-state index contributed by atoms with van der Waals surface area (Å²) in [6.45, 7) is 8.82. The molecule has 6 nitrogen and oxygen atoms in total. The third kappa shape index (κ3) is 5.02. The molecule has 1 aromatic heterocycles. The fourth-order valence-corrected chi connectivity index (χ4v) is 2.83. The number of aryl methyl sites for hydroxylation is 2. The summed E-state index contributed by atoms with van der Waals surface area (Å²) in [6.07, 6.45) is 7.60. The summed E-state index contributed by atoms with van der Waals surface area (Å²) in [5.74, 6) is 1.01. The van der Waals surface area contributed by atoms with E-state index in [1.807, 2.05) is 17.9 Å². The Kier molecular flexibility index (Phi) is 6.71. The molecule has 0 spiro atoms. The van der Waals surface area contributed by atoms with Crippen LogP contribution in [-0.2, 0) is 11.3 Å². The molecule has 0 aromatic carbocycles. The minimum Gasteiger partial charge on any atom is -0.378 e. The Labute approximate surface area is 133 Å². The number of guanidine groups is 1. The zero-order valence-electron chi connectivity index (χ0n) is 14.1. The third-order valence-corrected chi connectivity index (χ3v) is 3.97. The normalized spacial score (nSPS) is 17.0. The van der Waals surface area contributed by atoms with Crippen LogP contribution in [0.25, 0.3) is 0 Å². The molecule has 1 saturated heterocycles. The predicted octanol–water partition coefficient (Wildman–Crippen LogP) is 1.66. The highest BCUT2D eigenvalue weighted by atomic mass is 16.5. The van der Waals surface area contributed by atoms with E-state index >= 15 is 0 Å². The van der Waals surface area contributed by atoms with E-state index in [2.05, 4.69) is 40.4 Å². The van der Waals surface area contributed by atoms with Crippen molar-refractivity contribution < 1.29 is 4.74 Å². The highest BCUT2D eigenvalue weighted by Gasteiger charge is 2.21. The third-order valence-electron chi connectivity index (χ3n) is 3.97. The second-order valence-electron chi connectivity index (χ2n) is 5.75. The van der Waals surface area contributed by atoms with Crippen LogP contribution in [0.1, 0.15) is 31.7 Å². The number of nitrogens with one attached hydrogen (secondary N) is 1. The quantitative estimate of drug-likeness (QED) is 0.493. The highest BCUT2D eigenvalue weighted by Crippen LogP contribution is 2.13. The van der Waals surface area contributed by atoms with Gasteiger partial charge in [-0.3, -0.25) is 9.67 Å². The minimum atomic E-state index is 0.419. The largest absolute Gasteiger partial charge is 0.378 e. The minimum absolute atomic E-state index is 0.419. The Balaban J connectivity index is 1.67. The molecule has 1 fully saturated rings. The van der Waals surface area contributed by atoms with Gasteiger partial charge < -0.3 is 15.0 Å². The summed E-state index contributed by atoms with van der Waals surface area (Å²) in [5, 5.41) is 7.76. The standard InChI is InChI=1S/C16H29N5O/c1-4-22-15-6-10-20(11-7-15)16(17-3)18-8-5-9-21-13-14(2)12-19-21/h12-13,15H,4-11H2,1-3H3,(H,17,18). The van der Waals surface area contributed by atoms with Crippen molar-refractivity contribution in [2.24, 2.45) is 4.99 Å². The van der Waals surface area contributed by atoms with E-state index in [0.29, 0.717) is 6.10 Å². The lowest BCUT2D eigenvalue weighted by Gasteiger charge is -2.34. The van der Waals surface area contributed by atoms with Gasteiger partial charge in [-0.25, -0.2) is 0 Å². The summed E-state index contributed by atoms with van der Waals surface area (Å²) < 4.78 is 7.69. The second-order valence-corrected chi connectivity index (χ2v) is 5.75. The van der Waals surface area contributed by atoms with Crippen molar-refractivity contribution in [2.75, 3.05) is 33.3 Å². The van der Waals surface area contributed by atoms with Crippen LogP contribution in [0.5, 0.6) is 0 Å². The molecule has 22 heavy (non-hydrogen) atoms. The van der Waals surface area contributed by atoms with Gasteiger partial charge in [0.15, 0.2) is 5.96 Å². The molecular formula is C16H29N5O. The van der Waals surface area contributed by atoms with Crippen LogP contribution in [0.3, 0.4) is 0 Å². The van der Waals surface area contributed by atoms with E-state index in [0.717, 1.165) is 58.0 Å². The number of hydrogen-bond donors (Lipinski definition) is 1. The highest BCUT2D eigenvalue weighted by molar-refractivity contribution is 5.79. The molecule has 0 bridgehead atoms. The van der Waals surface area contributed by atoms with Gasteiger partial charge in [0.25, 0.3) is 0 Å². The van der Waals surface area contributed by atoms with Gasteiger partial charge in [0.1, 0.15) is 0 Å². The number of likely N-dealkylation sites (tertiary alicyclic amines) is 1. The number of ether oxygens (including phenoxy) is 1. The molecule has 0 radical (unpaired) electrons. The lowest BCUT2D eigenvalue weighted by molar-refractivity contribution is 0.0264. The van der Waals surface area contributed by atoms with Crippen molar-refractivity contribution in [2.45, 2.75) is 45.8 Å². The molecule has 1 N–H and O–H groups in total. The average Bonchev–Trinajstić information content (AvgIpc) is 2.94. The van der Waals surface area contributed by atoms with Crippen LogP contribution in [-0.4, -0.2) is 60.0 Å². The number of nitrogens with zero attached hydrogens (tertiary/aromatic N) is 4. The van der Waals surface area contributed by atoms with Gasteiger partial charge in [0, 0.05) is 46.0 Å². The first-order valence-corrected chi connectivity index (χ1v) is 8.29. The van der Waals surface area contributed by atoms with Crippen LogP contribution < -0.4 is 5.32 Å². The molecular weight excluding hydrogens is 278 g/mol. The molecule has 0 amide bonds. The number of hydrogen-bond acceptors (Lipinski definition) is 3. The van der Waals surface area contributed by atoms with E-state index in [1.54, 1.807) is 0 Å². The topological polar surface area (TPSA) is 54.7 Å². The first kappa shape index (κ1) is 16.8. The van der Waals surface area contributed by atoms with Gasteiger partial charge in [0.05, 0.1) is 12.3 Å². The van der Waals surface area contributed by atoms with E-state index in [9.17, 15) is 0 Å². The SMILES string of the molecule is CCOC1CCN(C(=NC)NCCCn2cc(C)cn2)CC1. The summed E-state index contributed by atoms with van der Waals surface area (Å²) in [6, 6.07) is 0. The molecule has 2 heterocycles. The van der Waals surface area contributed by atoms with E-state index in [4.69, 9.17) is 4.74 Å². The Morgan fingerprint density at radius 3 is 2.82 bits per heavy atom. The first-order valence-electron chi connectivity index (χ1n) is 8.29. The van der Waals surface area contributed by atoms with Crippen LogP contribution >= 0.6 is 0 Å². The van der Waals surface area contributed by atoms with E-state index < -0.39 is 0 Å². The van der Waals surface area contributed by atoms with Crippen molar-refractivity contribution in [3.05, 3.63) is 18.0 Å². The Morgan fingerprint density at radius 2 is 2.23 bits per heavy atom. The summed E-state index contributed by atoms with van der Waals surface area (Å²) in [4.78, 5) is 6.73. The summed E-state index contributed by atoms with van der Waals surface area (Å²) >= 11 is 0. The molecule has 2 rings (SSSR count). The van der Waals surface area contributed by atoms with Crippen LogP contribution in [0.2, 0.25) is 0 Å². The first-order chi connectivity index (χ1) is 10.7. The fourth-order valence-electron chi connectivity index (χ4n) is 2.83. The number of aliphatic imine (C=N–C) groups is 1. The maximum absolute atomic E-state index is 5.70. The Morgan fingerprint density at radius 1 is 1.45 bits per heavy atom. The molecule has 0 atom stereocenters. The lowest BCUT2D eigenvalue weighted by Crippen LogP contribution is -2.47. The molecule has 0 aliphatic carbocycles. The number of aromatic nitrogens is 2. The van der Waals surface area contributed by atoms with Crippen LogP contribution in [0, 0.1) is 6.92 Å². The van der Waals surface area contributed by atoms with Gasteiger partial charge in [-0.05, 0) is 38.7 Å². The zero-order valence-corrected chi connectivity index (χ0v) is 14.1. The summed E-state index contributed by atoms with van der Waals surface area (Å²) in [5.41, 5.74) is 1.21. The van der Waals surface area contributed by atoms with Crippen molar-refractivity contribution in [3.8, 4) is 0 Å². The Hall–Kier alpha value is -1.56. The van der Waals surface area contributed by atoms with Gasteiger partial charge in [-0.1, -0.05) is 0 Å². The van der Waals surface area contributed by atoms with E-state index in [-0.39, 0.29) is 0 Å². The van der Waals surface area contributed by atoms with Crippen LogP contribution in [0.15, 0.2) is 17.4 Å². The summed E-state index contributed by atoms with van der Waals surface area (Å²) in [7, 11) is 1.85. The maximum atomic E-state index is 5.70. The van der Waals surface area contributed by atoms with Gasteiger partial charge in [-0.2, -0.15) is 5.10 Å². The zero-order chi connectivity index (χ0) is 15.8. The number of piperidine rings is 1. The molecule has 1 aliphatic heterocycles. The van der Waals surface area contributed by atoms with Gasteiger partial charge in [0.2, 0.25) is 0 Å². The molecule has 0 saturated carbocycles. The smallest absolute Gasteiger partial charge is 0.193 e. The maximum Gasteiger partial charge on any atom is 0.193 e. The molecule has 0 unspecified atom stereocenters. The average molecular weight is 307 g/mol. The van der Waals surface area contributed by atoms with Gasteiger partial charge in [-0.15, -0.1) is 0 Å². The molecule has 124 valence electrons. The van der Waals surface area contributed by atoms with Crippen molar-refractivity contribution in [1.82, 2.24) is 20.0 Å². The second kappa shape index (κ2) is 8.78. The molecule has 1 aromatic rings. The fraction of sp³-hybridized carbons (Fsp3) is 0.750. The van der Waals surface area contributed by atoms with Gasteiger partial charge >= 0.3 is 0 Å². The monoisotopic (exact) mass is 307 g/mol. The lowest BCUT2D eigenvalue weighted by atomic mass is 10.1. The van der Waals surface area contributed by atoms with Crippen molar-refractivity contribution in [1.29, 1.82) is 0 Å². The number of rotatable bonds is 6. The van der Waals surface area contributed by atoms with Crippen molar-refractivity contribution in [3.63, 3.8) is 0 Å². The van der Waals surface area contributed by atoms with Crippen molar-refractivity contribution >= 4 is 5.96 Å². The molecule has 1 aliphatic rings. The molecule has 6 heteroatoms. The predicted molar refractivity (Wildman–Crippen MR) is 89.2 cm³/mol. The Bertz CT molecular complexity index is 463.